The average Bonchev–Trinajstić information content (AvgIpc) is 2.71. The van der Waals surface area contributed by atoms with Gasteiger partial charge in [0.05, 0.1) is 0 Å². The van der Waals surface area contributed by atoms with Crippen LogP contribution in [0.4, 0.5) is 0 Å². The van der Waals surface area contributed by atoms with Crippen molar-refractivity contribution in [1.29, 1.82) is 0 Å². The molecule has 1 heterocycles. The van der Waals surface area contributed by atoms with Crippen LogP contribution in [-0.2, 0) is 9.59 Å². The summed E-state index contributed by atoms with van der Waals surface area (Å²) in [5.74, 6) is 4.20. The van der Waals surface area contributed by atoms with E-state index >= 15 is 0 Å². The number of rotatable bonds is 5. The minimum atomic E-state index is 0.323. The second-order valence-corrected chi connectivity index (χ2v) is 11.4. The third kappa shape index (κ3) is 4.37. The van der Waals surface area contributed by atoms with Gasteiger partial charge in [-0.05, 0) is 74.0 Å². The summed E-state index contributed by atoms with van der Waals surface area (Å²) in [6, 6.07) is 0. The van der Waals surface area contributed by atoms with Crippen molar-refractivity contribution >= 4 is 11.8 Å². The van der Waals surface area contributed by atoms with Crippen molar-refractivity contribution in [3.63, 3.8) is 0 Å². The zero-order valence-corrected chi connectivity index (χ0v) is 18.2. The van der Waals surface area contributed by atoms with Gasteiger partial charge in [-0.15, -0.1) is 0 Å². The first kappa shape index (κ1) is 19.9. The van der Waals surface area contributed by atoms with E-state index in [2.05, 4.69) is 4.90 Å². The van der Waals surface area contributed by atoms with E-state index in [-0.39, 0.29) is 0 Å². The summed E-state index contributed by atoms with van der Waals surface area (Å²) in [7, 11) is 0. The molecule has 4 bridgehead atoms. The van der Waals surface area contributed by atoms with Gasteiger partial charge in [-0.25, -0.2) is 0 Å². The molecular weight excluding hydrogens is 360 g/mol. The topological polar surface area (TPSA) is 40.6 Å². The molecule has 6 aliphatic rings. The fourth-order valence-electron chi connectivity index (χ4n) is 8.11. The second-order valence-electron chi connectivity index (χ2n) is 11.4. The molecule has 6 fully saturated rings. The zero-order chi connectivity index (χ0) is 19.8. The fraction of sp³-hybridized carbons (Fsp3) is 0.920. The highest BCUT2D eigenvalue weighted by Crippen LogP contribution is 2.61. The molecule has 0 radical (unpaired) electrons. The van der Waals surface area contributed by atoms with Crippen molar-refractivity contribution in [1.82, 2.24) is 9.80 Å². The normalized spacial score (nSPS) is 37.2. The van der Waals surface area contributed by atoms with Gasteiger partial charge in [0, 0.05) is 39.0 Å². The van der Waals surface area contributed by atoms with E-state index in [1.807, 2.05) is 4.90 Å². The van der Waals surface area contributed by atoms with Gasteiger partial charge in [-0.1, -0.05) is 32.1 Å². The summed E-state index contributed by atoms with van der Waals surface area (Å²) in [5.41, 5.74) is 0.332. The van der Waals surface area contributed by atoms with Crippen molar-refractivity contribution in [2.45, 2.75) is 89.9 Å². The van der Waals surface area contributed by atoms with Gasteiger partial charge in [0.15, 0.2) is 0 Å². The molecule has 1 saturated heterocycles. The fourth-order valence-corrected chi connectivity index (χ4v) is 8.11. The summed E-state index contributed by atoms with van der Waals surface area (Å²) in [5, 5.41) is 0. The van der Waals surface area contributed by atoms with Crippen molar-refractivity contribution in [2.24, 2.45) is 29.1 Å². The highest BCUT2D eigenvalue weighted by molar-refractivity contribution is 5.79. The molecule has 4 nitrogen and oxygen atoms in total. The summed E-state index contributed by atoms with van der Waals surface area (Å²) in [6.07, 6.45) is 17.5. The average molecular weight is 401 g/mol. The van der Waals surface area contributed by atoms with Crippen LogP contribution in [0.3, 0.4) is 0 Å². The van der Waals surface area contributed by atoms with Crippen LogP contribution in [0.25, 0.3) is 0 Å². The predicted molar refractivity (Wildman–Crippen MR) is 114 cm³/mol. The highest BCUT2D eigenvalue weighted by atomic mass is 16.2. The molecule has 0 unspecified atom stereocenters. The van der Waals surface area contributed by atoms with E-state index < -0.39 is 0 Å². The van der Waals surface area contributed by atoms with Crippen LogP contribution >= 0.6 is 0 Å². The lowest BCUT2D eigenvalue weighted by atomic mass is 9.49. The van der Waals surface area contributed by atoms with Gasteiger partial charge >= 0.3 is 0 Å². The molecular formula is C25H40N2O2. The number of nitrogens with zero attached hydrogens (tertiary/aromatic N) is 2. The first-order valence-electron chi connectivity index (χ1n) is 12.6. The van der Waals surface area contributed by atoms with Crippen molar-refractivity contribution in [3.05, 3.63) is 0 Å². The third-order valence-electron chi connectivity index (χ3n) is 9.17. The molecule has 0 aromatic carbocycles. The van der Waals surface area contributed by atoms with Crippen molar-refractivity contribution < 1.29 is 9.59 Å². The SMILES string of the molecule is O=C(CCC1CCCCC1)N1CCN(C(=O)CC23CC4CC(CC(C4)C2)C3)CC1. The Balaban J connectivity index is 1.07. The van der Waals surface area contributed by atoms with E-state index in [0.29, 0.717) is 23.7 Å². The molecule has 2 amide bonds. The lowest BCUT2D eigenvalue weighted by Gasteiger charge is -2.57. The van der Waals surface area contributed by atoms with Crippen LogP contribution in [0.1, 0.15) is 89.9 Å². The molecule has 0 N–H and O–H groups in total. The van der Waals surface area contributed by atoms with E-state index in [0.717, 1.165) is 62.7 Å². The molecule has 0 aromatic rings. The monoisotopic (exact) mass is 400 g/mol. The van der Waals surface area contributed by atoms with E-state index in [9.17, 15) is 9.59 Å². The summed E-state index contributed by atoms with van der Waals surface area (Å²) in [4.78, 5) is 29.9. The van der Waals surface area contributed by atoms with Crippen molar-refractivity contribution in [3.8, 4) is 0 Å². The molecule has 6 rings (SSSR count). The third-order valence-corrected chi connectivity index (χ3v) is 9.17. The number of hydrogen-bond donors (Lipinski definition) is 0. The van der Waals surface area contributed by atoms with Gasteiger partial charge in [0.25, 0.3) is 0 Å². The molecule has 0 atom stereocenters. The number of piperazine rings is 1. The lowest BCUT2D eigenvalue weighted by molar-refractivity contribution is -0.145. The molecule has 5 saturated carbocycles. The Morgan fingerprint density at radius 3 is 1.79 bits per heavy atom. The highest BCUT2D eigenvalue weighted by Gasteiger charge is 2.51. The Hall–Kier alpha value is -1.06. The predicted octanol–water partition coefficient (Wildman–Crippen LogP) is 4.62. The maximum atomic E-state index is 13.1. The Labute approximate surface area is 176 Å². The summed E-state index contributed by atoms with van der Waals surface area (Å²) < 4.78 is 0. The Morgan fingerprint density at radius 2 is 1.24 bits per heavy atom. The number of carbonyl (C=O) groups is 2. The minimum absolute atomic E-state index is 0.323. The quantitative estimate of drug-likeness (QED) is 0.675. The van der Waals surface area contributed by atoms with Crippen LogP contribution in [-0.4, -0.2) is 47.8 Å². The van der Waals surface area contributed by atoms with Gasteiger partial charge in [0.1, 0.15) is 0 Å². The minimum Gasteiger partial charge on any atom is -0.339 e. The van der Waals surface area contributed by atoms with E-state index in [1.165, 1.54) is 70.6 Å². The maximum Gasteiger partial charge on any atom is 0.223 e. The zero-order valence-electron chi connectivity index (χ0n) is 18.2. The largest absolute Gasteiger partial charge is 0.339 e. The summed E-state index contributed by atoms with van der Waals surface area (Å²) >= 11 is 0. The lowest BCUT2D eigenvalue weighted by Crippen LogP contribution is -2.53. The molecule has 1 aliphatic heterocycles. The smallest absolute Gasteiger partial charge is 0.223 e. The first-order valence-corrected chi connectivity index (χ1v) is 12.6. The van der Waals surface area contributed by atoms with E-state index in [4.69, 9.17) is 0 Å². The molecule has 29 heavy (non-hydrogen) atoms. The second kappa shape index (κ2) is 8.23. The van der Waals surface area contributed by atoms with Crippen molar-refractivity contribution in [2.75, 3.05) is 26.2 Å². The standard InChI is InChI=1S/C25H40N2O2/c28-23(7-6-19-4-2-1-3-5-19)26-8-10-27(11-9-26)24(29)18-25-15-20-12-21(16-25)14-22(13-20)17-25/h19-22H,1-18H2. The number of amides is 2. The Morgan fingerprint density at radius 1 is 0.724 bits per heavy atom. The van der Waals surface area contributed by atoms with Crippen LogP contribution < -0.4 is 0 Å². The summed E-state index contributed by atoms with van der Waals surface area (Å²) in [6.45, 7) is 2.99. The van der Waals surface area contributed by atoms with Crippen LogP contribution in [0, 0.1) is 29.1 Å². The Kier molecular flexibility index (Phi) is 5.64. The van der Waals surface area contributed by atoms with E-state index in [1.54, 1.807) is 0 Å². The number of carbonyl (C=O) groups excluding carboxylic acids is 2. The number of hydrogen-bond acceptors (Lipinski definition) is 2. The first-order chi connectivity index (χ1) is 14.1. The molecule has 0 aromatic heterocycles. The molecule has 5 aliphatic carbocycles. The van der Waals surface area contributed by atoms with Crippen LogP contribution in [0.2, 0.25) is 0 Å². The van der Waals surface area contributed by atoms with Crippen LogP contribution in [0.15, 0.2) is 0 Å². The van der Waals surface area contributed by atoms with Gasteiger partial charge < -0.3 is 9.80 Å². The van der Waals surface area contributed by atoms with Gasteiger partial charge in [-0.3, -0.25) is 9.59 Å². The maximum absolute atomic E-state index is 13.1. The van der Waals surface area contributed by atoms with Gasteiger partial charge in [-0.2, -0.15) is 0 Å². The molecule has 0 spiro atoms. The van der Waals surface area contributed by atoms with Crippen LogP contribution in [0.5, 0.6) is 0 Å². The van der Waals surface area contributed by atoms with Gasteiger partial charge in [0.2, 0.25) is 11.8 Å². The molecule has 4 heteroatoms. The Bertz CT molecular complexity index is 581. The molecule has 162 valence electrons.